The molecule has 42 heavy (non-hydrogen) atoms. The number of halogens is 2. The van der Waals surface area contributed by atoms with E-state index in [1.54, 1.807) is 17.0 Å². The topological polar surface area (TPSA) is 74.5 Å². The van der Waals surface area contributed by atoms with Gasteiger partial charge in [0, 0.05) is 47.5 Å². The Hall–Kier alpha value is -2.61. The first-order chi connectivity index (χ1) is 20.0. The van der Waals surface area contributed by atoms with Crippen LogP contribution in [0, 0.1) is 23.2 Å². The quantitative estimate of drug-likeness (QED) is 0.251. The van der Waals surface area contributed by atoms with E-state index in [4.69, 9.17) is 33.2 Å². The maximum Gasteiger partial charge on any atom is 0.261 e. The Bertz CT molecular complexity index is 1570. The van der Waals surface area contributed by atoms with Crippen LogP contribution in [0.5, 0.6) is 0 Å². The molecule has 0 radical (unpaired) electrons. The standard InChI is InChI=1S/C33H42Cl2N6O/c1-19-17-40(11-10-36-19)32(39-29-14-23-13-27(21(29)3)33(23,4)5)38-25-8-9-26-30(16-25)37-18-41(31(26)42)20(2)12-22-6-7-24(34)15-28(22)35/h6-9,15-16,18-21,23,27,29,36H,10-14,17H2,1-5H3,(H,38,39)/t19-,20+,21-,23+,27-,29-/m0/s1. The summed E-state index contributed by atoms with van der Waals surface area (Å²) < 4.78 is 1.69. The molecule has 224 valence electrons. The molecule has 3 saturated carbocycles. The van der Waals surface area contributed by atoms with Gasteiger partial charge < -0.3 is 15.5 Å². The van der Waals surface area contributed by atoms with Crippen molar-refractivity contribution in [1.29, 1.82) is 0 Å². The van der Waals surface area contributed by atoms with Crippen LogP contribution in [0.25, 0.3) is 10.9 Å². The fraction of sp³-hybridized carbons (Fsp3) is 0.545. The van der Waals surface area contributed by atoms with Gasteiger partial charge in [0.05, 0.1) is 23.3 Å². The number of piperazine rings is 1. The summed E-state index contributed by atoms with van der Waals surface area (Å²) in [5.74, 6) is 2.98. The maximum atomic E-state index is 13.5. The van der Waals surface area contributed by atoms with Crippen LogP contribution in [0.1, 0.15) is 59.1 Å². The van der Waals surface area contributed by atoms with Gasteiger partial charge in [0.1, 0.15) is 0 Å². The van der Waals surface area contributed by atoms with Gasteiger partial charge in [-0.15, -0.1) is 0 Å². The molecule has 6 atom stereocenters. The van der Waals surface area contributed by atoms with E-state index in [1.165, 1.54) is 6.42 Å². The predicted octanol–water partition coefficient (Wildman–Crippen LogP) is 6.64. The van der Waals surface area contributed by atoms with Crippen LogP contribution in [0.3, 0.4) is 0 Å². The Balaban J connectivity index is 1.25. The number of anilines is 1. The van der Waals surface area contributed by atoms with E-state index in [1.807, 2.05) is 37.3 Å². The van der Waals surface area contributed by atoms with Crippen LogP contribution in [0.4, 0.5) is 5.69 Å². The summed E-state index contributed by atoms with van der Waals surface area (Å²) in [5, 5.41) is 8.99. The molecule has 3 aliphatic carbocycles. The van der Waals surface area contributed by atoms with Crippen LogP contribution in [-0.2, 0) is 6.42 Å². The number of fused-ring (bicyclic) bond motifs is 3. The van der Waals surface area contributed by atoms with Crippen molar-refractivity contribution in [3.63, 3.8) is 0 Å². The molecule has 9 heteroatoms. The first-order valence-corrected chi connectivity index (χ1v) is 16.0. The van der Waals surface area contributed by atoms with Crippen molar-refractivity contribution >= 4 is 45.8 Å². The average molecular weight is 610 g/mol. The van der Waals surface area contributed by atoms with Gasteiger partial charge in [-0.3, -0.25) is 9.36 Å². The second-order valence-electron chi connectivity index (χ2n) is 13.4. The molecule has 3 aromatic rings. The van der Waals surface area contributed by atoms with Crippen LogP contribution < -0.4 is 16.2 Å². The maximum absolute atomic E-state index is 13.5. The summed E-state index contributed by atoms with van der Waals surface area (Å²) in [7, 11) is 0. The van der Waals surface area contributed by atoms with Gasteiger partial charge in [-0.05, 0) is 92.2 Å². The number of nitrogens with zero attached hydrogens (tertiary/aromatic N) is 4. The zero-order valence-corrected chi connectivity index (χ0v) is 26.7. The zero-order valence-electron chi connectivity index (χ0n) is 25.2. The highest BCUT2D eigenvalue weighted by molar-refractivity contribution is 6.35. The molecule has 1 aliphatic heterocycles. The summed E-state index contributed by atoms with van der Waals surface area (Å²) in [6, 6.07) is 11.9. The number of hydrogen-bond donors (Lipinski definition) is 2. The lowest BCUT2D eigenvalue weighted by molar-refractivity contribution is -0.108. The second-order valence-corrected chi connectivity index (χ2v) is 14.2. The normalized spacial score (nSPS) is 27.9. The molecule has 4 aliphatic rings. The van der Waals surface area contributed by atoms with Gasteiger partial charge in [-0.2, -0.15) is 0 Å². The number of guanidine groups is 1. The summed E-state index contributed by atoms with van der Waals surface area (Å²) in [6.07, 6.45) is 4.74. The fourth-order valence-corrected chi connectivity index (χ4v) is 8.01. The van der Waals surface area contributed by atoms with Crippen LogP contribution >= 0.6 is 23.2 Å². The number of benzene rings is 2. The van der Waals surface area contributed by atoms with Crippen molar-refractivity contribution in [3.05, 3.63) is 68.7 Å². The first-order valence-electron chi connectivity index (χ1n) is 15.3. The van der Waals surface area contributed by atoms with Crippen molar-refractivity contribution in [3.8, 4) is 0 Å². The lowest BCUT2D eigenvalue weighted by atomic mass is 9.45. The van der Waals surface area contributed by atoms with Gasteiger partial charge in [0.2, 0.25) is 0 Å². The van der Waals surface area contributed by atoms with E-state index in [9.17, 15) is 4.79 Å². The fourth-order valence-electron chi connectivity index (χ4n) is 7.53. The average Bonchev–Trinajstić information content (AvgIpc) is 2.95. The minimum absolute atomic E-state index is 0.0631. The molecule has 0 amide bonds. The minimum Gasteiger partial charge on any atom is -0.340 e. The summed E-state index contributed by atoms with van der Waals surface area (Å²) in [5.41, 5.74) is 2.87. The molecule has 7 nitrogen and oxygen atoms in total. The summed E-state index contributed by atoms with van der Waals surface area (Å²) in [6.45, 7) is 14.2. The second kappa shape index (κ2) is 11.5. The van der Waals surface area contributed by atoms with Crippen molar-refractivity contribution in [2.24, 2.45) is 28.2 Å². The number of aliphatic imine (C=N–C) groups is 1. The van der Waals surface area contributed by atoms with Crippen molar-refractivity contribution in [2.75, 3.05) is 25.0 Å². The van der Waals surface area contributed by atoms with E-state index < -0.39 is 0 Å². The van der Waals surface area contributed by atoms with E-state index in [0.717, 1.165) is 55.1 Å². The molecule has 0 spiro atoms. The van der Waals surface area contributed by atoms with Gasteiger partial charge in [-0.1, -0.05) is 50.0 Å². The van der Waals surface area contributed by atoms with Crippen LogP contribution in [0.15, 0.2) is 52.5 Å². The molecular formula is C33H42Cl2N6O. The molecule has 0 unspecified atom stereocenters. The molecule has 7 rings (SSSR count). The molecule has 2 heterocycles. The third kappa shape index (κ3) is 5.56. The molecular weight excluding hydrogens is 567 g/mol. The van der Waals surface area contributed by atoms with Gasteiger partial charge in [-0.25, -0.2) is 9.98 Å². The molecule has 4 fully saturated rings. The number of aromatic nitrogens is 2. The lowest BCUT2D eigenvalue weighted by Gasteiger charge is -2.61. The number of rotatable bonds is 5. The third-order valence-electron chi connectivity index (χ3n) is 10.3. The third-order valence-corrected chi connectivity index (χ3v) is 10.9. The highest BCUT2D eigenvalue weighted by Crippen LogP contribution is 2.61. The Morgan fingerprint density at radius 2 is 2.00 bits per heavy atom. The highest BCUT2D eigenvalue weighted by Gasteiger charge is 2.56. The van der Waals surface area contributed by atoms with Crippen LogP contribution in [-0.4, -0.2) is 52.1 Å². The van der Waals surface area contributed by atoms with Crippen molar-refractivity contribution < 1.29 is 0 Å². The number of nitrogens with one attached hydrogen (secondary N) is 2. The molecule has 1 saturated heterocycles. The smallest absolute Gasteiger partial charge is 0.261 e. The van der Waals surface area contributed by atoms with Gasteiger partial charge in [0.25, 0.3) is 5.56 Å². The summed E-state index contributed by atoms with van der Waals surface area (Å²) in [4.78, 5) is 26.0. The Morgan fingerprint density at radius 1 is 1.19 bits per heavy atom. The van der Waals surface area contributed by atoms with Crippen molar-refractivity contribution in [2.45, 2.75) is 72.0 Å². The number of hydrogen-bond acceptors (Lipinski definition) is 4. The molecule has 2 N–H and O–H groups in total. The predicted molar refractivity (Wildman–Crippen MR) is 174 cm³/mol. The Kier molecular flexibility index (Phi) is 8.05. The van der Waals surface area contributed by atoms with Gasteiger partial charge >= 0.3 is 0 Å². The van der Waals surface area contributed by atoms with Crippen molar-refractivity contribution in [1.82, 2.24) is 19.8 Å². The largest absolute Gasteiger partial charge is 0.340 e. The minimum atomic E-state index is -0.118. The Morgan fingerprint density at radius 3 is 2.71 bits per heavy atom. The van der Waals surface area contributed by atoms with E-state index in [0.29, 0.717) is 50.8 Å². The van der Waals surface area contributed by atoms with Gasteiger partial charge in [0.15, 0.2) is 5.96 Å². The molecule has 2 aromatic carbocycles. The monoisotopic (exact) mass is 608 g/mol. The van der Waals surface area contributed by atoms with E-state index in [-0.39, 0.29) is 11.6 Å². The Labute approximate surface area is 258 Å². The SMILES string of the molecule is C[C@@H]1[C@@H](N=C(Nc2ccc3c(=O)n([C@H](C)Cc4ccc(Cl)cc4Cl)cnc3c2)N2CCN[C@@H](C)C2)C[C@H]2C[C@@H]1C2(C)C. The van der Waals surface area contributed by atoms with E-state index >= 15 is 0 Å². The summed E-state index contributed by atoms with van der Waals surface area (Å²) >= 11 is 12.5. The lowest BCUT2D eigenvalue weighted by Crippen LogP contribution is -2.57. The van der Waals surface area contributed by atoms with E-state index in [2.05, 4.69) is 43.2 Å². The first kappa shape index (κ1) is 29.5. The molecule has 2 bridgehead atoms. The highest BCUT2D eigenvalue weighted by atomic mass is 35.5. The van der Waals surface area contributed by atoms with Crippen LogP contribution in [0.2, 0.25) is 10.0 Å². The zero-order chi connectivity index (χ0) is 29.8. The molecule has 1 aromatic heterocycles.